The molecule has 0 spiro atoms. The summed E-state index contributed by atoms with van der Waals surface area (Å²) in [6.45, 7) is 5.12. The van der Waals surface area contributed by atoms with Gasteiger partial charge in [0.15, 0.2) is 0 Å². The largest absolute Gasteiger partial charge is 0.480 e. The van der Waals surface area contributed by atoms with Crippen LogP contribution in [-0.4, -0.2) is 54.1 Å². The molecule has 112 valence electrons. The van der Waals surface area contributed by atoms with Crippen LogP contribution in [0.3, 0.4) is 0 Å². The van der Waals surface area contributed by atoms with Gasteiger partial charge in [-0.2, -0.15) is 4.98 Å². The molecule has 0 saturated heterocycles. The van der Waals surface area contributed by atoms with Crippen molar-refractivity contribution >= 4 is 17.7 Å². The fourth-order valence-electron chi connectivity index (χ4n) is 1.92. The second kappa shape index (κ2) is 5.86. The number of fused-ring (bicyclic) bond motifs is 1. The number of carboxylic acid groups (broad SMARTS) is 1. The highest BCUT2D eigenvalue weighted by atomic mass is 16.4. The summed E-state index contributed by atoms with van der Waals surface area (Å²) in [5.74, 6) is -1.30. The first kappa shape index (κ1) is 14.9. The Morgan fingerprint density at radius 2 is 2.19 bits per heavy atom. The lowest BCUT2D eigenvalue weighted by Gasteiger charge is -2.25. The molecule has 1 unspecified atom stereocenters. The van der Waals surface area contributed by atoms with E-state index < -0.39 is 11.9 Å². The van der Waals surface area contributed by atoms with E-state index >= 15 is 0 Å². The van der Waals surface area contributed by atoms with Crippen LogP contribution in [-0.2, 0) is 4.79 Å². The lowest BCUT2D eigenvalue weighted by atomic mass is 10.2. The summed E-state index contributed by atoms with van der Waals surface area (Å²) in [5, 5.41) is 13.1. The van der Waals surface area contributed by atoms with E-state index in [1.807, 2.05) is 13.8 Å². The number of aryl methyl sites for hydroxylation is 1. The maximum Gasteiger partial charge on any atom is 0.323 e. The van der Waals surface area contributed by atoms with E-state index in [0.717, 1.165) is 5.69 Å². The van der Waals surface area contributed by atoms with Gasteiger partial charge in [-0.05, 0) is 26.3 Å². The maximum absolute atomic E-state index is 12.5. The van der Waals surface area contributed by atoms with Crippen LogP contribution in [0.5, 0.6) is 0 Å². The number of carbonyl (C=O) groups is 2. The van der Waals surface area contributed by atoms with Crippen LogP contribution in [0, 0.1) is 6.92 Å². The molecule has 0 fully saturated rings. The minimum atomic E-state index is -1.07. The predicted molar refractivity (Wildman–Crippen MR) is 73.9 cm³/mol. The van der Waals surface area contributed by atoms with Crippen molar-refractivity contribution in [2.24, 2.45) is 0 Å². The lowest BCUT2D eigenvalue weighted by Crippen LogP contribution is -2.42. The molecule has 0 aliphatic rings. The van der Waals surface area contributed by atoms with Crippen LogP contribution >= 0.6 is 0 Å². The third-order valence-electron chi connectivity index (χ3n) is 3.31. The zero-order valence-electron chi connectivity index (χ0n) is 12.1. The van der Waals surface area contributed by atoms with Crippen molar-refractivity contribution < 1.29 is 14.7 Å². The van der Waals surface area contributed by atoms with Gasteiger partial charge in [-0.3, -0.25) is 9.59 Å². The van der Waals surface area contributed by atoms with E-state index in [2.05, 4.69) is 15.1 Å². The molecule has 1 atom stereocenters. The van der Waals surface area contributed by atoms with E-state index in [1.165, 1.54) is 9.42 Å². The van der Waals surface area contributed by atoms with Gasteiger partial charge in [-0.15, -0.1) is 5.10 Å². The lowest BCUT2D eigenvalue weighted by molar-refractivity contribution is -0.138. The van der Waals surface area contributed by atoms with E-state index in [0.29, 0.717) is 12.2 Å². The van der Waals surface area contributed by atoms with Crippen molar-refractivity contribution in [2.45, 2.75) is 33.2 Å². The Morgan fingerprint density at radius 1 is 1.48 bits per heavy atom. The monoisotopic (exact) mass is 291 g/mol. The van der Waals surface area contributed by atoms with Crippen molar-refractivity contribution in [1.29, 1.82) is 0 Å². The van der Waals surface area contributed by atoms with E-state index in [9.17, 15) is 9.59 Å². The molecule has 2 rings (SSSR count). The number of aliphatic carboxylic acids is 1. The Bertz CT molecular complexity index is 681. The van der Waals surface area contributed by atoms with E-state index in [4.69, 9.17) is 5.11 Å². The number of rotatable bonds is 5. The van der Waals surface area contributed by atoms with Crippen LogP contribution in [0.25, 0.3) is 5.78 Å². The van der Waals surface area contributed by atoms with Gasteiger partial charge in [0.2, 0.25) is 5.82 Å². The van der Waals surface area contributed by atoms with Crippen molar-refractivity contribution in [1.82, 2.24) is 24.5 Å². The van der Waals surface area contributed by atoms with Gasteiger partial charge in [-0.1, -0.05) is 6.92 Å². The SMILES string of the molecule is CCC(C)N(CC(=O)O)C(=O)c1nc2nccc(C)n2n1. The Labute approximate surface area is 121 Å². The average Bonchev–Trinajstić information content (AvgIpc) is 2.88. The average molecular weight is 291 g/mol. The smallest absolute Gasteiger partial charge is 0.323 e. The fraction of sp³-hybridized carbons (Fsp3) is 0.462. The molecule has 0 bridgehead atoms. The topological polar surface area (TPSA) is 101 Å². The molecular weight excluding hydrogens is 274 g/mol. The number of nitrogens with zero attached hydrogens (tertiary/aromatic N) is 5. The number of hydrogen-bond acceptors (Lipinski definition) is 5. The van der Waals surface area contributed by atoms with Crippen LogP contribution in [0.15, 0.2) is 12.3 Å². The molecule has 2 aromatic rings. The summed E-state index contributed by atoms with van der Waals surface area (Å²) in [5.41, 5.74) is 0.792. The molecule has 8 heteroatoms. The minimum absolute atomic E-state index is 0.0432. The number of aromatic nitrogens is 4. The zero-order chi connectivity index (χ0) is 15.6. The van der Waals surface area contributed by atoms with Crippen molar-refractivity contribution in [3.8, 4) is 0 Å². The zero-order valence-corrected chi connectivity index (χ0v) is 12.1. The molecule has 8 nitrogen and oxygen atoms in total. The first-order valence-corrected chi connectivity index (χ1v) is 6.65. The third-order valence-corrected chi connectivity index (χ3v) is 3.31. The normalized spacial score (nSPS) is 12.3. The van der Waals surface area contributed by atoms with Gasteiger partial charge in [0.05, 0.1) is 0 Å². The Hall–Kier alpha value is -2.51. The predicted octanol–water partition coefficient (Wildman–Crippen LogP) is 0.758. The number of amides is 1. The highest BCUT2D eigenvalue weighted by Crippen LogP contribution is 2.10. The molecule has 0 saturated carbocycles. The van der Waals surface area contributed by atoms with E-state index in [-0.39, 0.29) is 18.4 Å². The molecule has 0 aliphatic carbocycles. The first-order valence-electron chi connectivity index (χ1n) is 6.65. The van der Waals surface area contributed by atoms with Gasteiger partial charge < -0.3 is 10.0 Å². The molecule has 0 aliphatic heterocycles. The molecule has 21 heavy (non-hydrogen) atoms. The maximum atomic E-state index is 12.5. The highest BCUT2D eigenvalue weighted by Gasteiger charge is 2.26. The second-order valence-electron chi connectivity index (χ2n) is 4.82. The number of carbonyl (C=O) groups excluding carboxylic acids is 1. The van der Waals surface area contributed by atoms with Gasteiger partial charge in [0, 0.05) is 17.9 Å². The molecule has 0 aromatic carbocycles. The minimum Gasteiger partial charge on any atom is -0.480 e. The Balaban J connectivity index is 2.38. The summed E-state index contributed by atoms with van der Waals surface area (Å²) in [7, 11) is 0. The van der Waals surface area contributed by atoms with Crippen molar-refractivity contribution in [3.05, 3.63) is 23.8 Å². The molecule has 2 heterocycles. The summed E-state index contributed by atoms with van der Waals surface area (Å²) in [4.78, 5) is 32.8. The van der Waals surface area contributed by atoms with Crippen LogP contribution in [0.1, 0.15) is 36.6 Å². The number of hydrogen-bond donors (Lipinski definition) is 1. The molecule has 2 aromatic heterocycles. The Kier molecular flexibility index (Phi) is 4.15. The molecule has 1 N–H and O–H groups in total. The molecule has 1 amide bonds. The molecular formula is C13H17N5O3. The summed E-state index contributed by atoms with van der Waals surface area (Å²) in [6.07, 6.45) is 2.22. The van der Waals surface area contributed by atoms with Gasteiger partial charge in [0.1, 0.15) is 6.54 Å². The quantitative estimate of drug-likeness (QED) is 0.872. The Morgan fingerprint density at radius 3 is 2.76 bits per heavy atom. The first-order chi connectivity index (χ1) is 9.93. The van der Waals surface area contributed by atoms with Crippen molar-refractivity contribution in [2.75, 3.05) is 6.54 Å². The van der Waals surface area contributed by atoms with Crippen LogP contribution < -0.4 is 0 Å². The standard InChI is InChI=1S/C13H17N5O3/c1-4-8(2)17(7-10(19)20)12(21)11-15-13-14-6-5-9(3)18(13)16-11/h5-6,8H,4,7H2,1-3H3,(H,19,20). The van der Waals surface area contributed by atoms with E-state index in [1.54, 1.807) is 19.2 Å². The van der Waals surface area contributed by atoms with Crippen LogP contribution in [0.4, 0.5) is 0 Å². The summed E-state index contributed by atoms with van der Waals surface area (Å²) in [6, 6.07) is 1.54. The highest BCUT2D eigenvalue weighted by molar-refractivity contribution is 5.93. The van der Waals surface area contributed by atoms with Crippen molar-refractivity contribution in [3.63, 3.8) is 0 Å². The second-order valence-corrected chi connectivity index (χ2v) is 4.82. The summed E-state index contributed by atoms with van der Waals surface area (Å²) < 4.78 is 1.46. The fourth-order valence-corrected chi connectivity index (χ4v) is 1.92. The van der Waals surface area contributed by atoms with Gasteiger partial charge >= 0.3 is 5.97 Å². The third kappa shape index (κ3) is 2.99. The molecule has 0 radical (unpaired) electrons. The summed E-state index contributed by atoms with van der Waals surface area (Å²) >= 11 is 0. The van der Waals surface area contributed by atoms with Crippen LogP contribution in [0.2, 0.25) is 0 Å². The number of carboxylic acids is 1. The van der Waals surface area contributed by atoms with Gasteiger partial charge in [-0.25, -0.2) is 9.50 Å². The van der Waals surface area contributed by atoms with Gasteiger partial charge in [0.25, 0.3) is 11.7 Å².